The van der Waals surface area contributed by atoms with Gasteiger partial charge in [0.2, 0.25) is 0 Å². The Hall–Kier alpha value is -3.38. The van der Waals surface area contributed by atoms with E-state index in [1.807, 2.05) is 4.90 Å². The molecule has 0 spiro atoms. The number of ketones is 1. The van der Waals surface area contributed by atoms with Gasteiger partial charge < -0.3 is 10.0 Å². The minimum Gasteiger partial charge on any atom is -0.481 e. The number of thiazole rings is 1. The zero-order valence-corrected chi connectivity index (χ0v) is 22.9. The van der Waals surface area contributed by atoms with Crippen LogP contribution in [0.25, 0.3) is 11.3 Å². The van der Waals surface area contributed by atoms with E-state index >= 15 is 0 Å². The molecule has 12 heteroatoms. The second-order valence-electron chi connectivity index (χ2n) is 10.3. The predicted molar refractivity (Wildman–Crippen MR) is 144 cm³/mol. The standard InChI is InChI=1S/C28H30F3N5O3S/c1-17-4-5-19(12-20(17)28(29,30)31)26-23(16-35-8-2-3-9-35)40-25(34-26)13-22(37)21-14-33-24(15-32-21)36-10-6-18(7-11-36)27(38)39/h4-5,12,14-15,18H,2-3,6-11,13,16H2,1H3,(H,38,39). The van der Waals surface area contributed by atoms with Crippen LogP contribution in [-0.4, -0.2) is 62.9 Å². The highest BCUT2D eigenvalue weighted by Crippen LogP contribution is 2.37. The highest BCUT2D eigenvalue weighted by atomic mass is 32.1. The van der Waals surface area contributed by atoms with Crippen LogP contribution < -0.4 is 4.90 Å². The lowest BCUT2D eigenvalue weighted by atomic mass is 9.97. The maximum atomic E-state index is 13.6. The summed E-state index contributed by atoms with van der Waals surface area (Å²) in [7, 11) is 0. The average molecular weight is 574 g/mol. The fourth-order valence-electron chi connectivity index (χ4n) is 5.24. The molecule has 3 aromatic rings. The van der Waals surface area contributed by atoms with E-state index in [-0.39, 0.29) is 29.4 Å². The lowest BCUT2D eigenvalue weighted by Gasteiger charge is -2.30. The Morgan fingerprint density at radius 3 is 2.42 bits per heavy atom. The SMILES string of the molecule is Cc1ccc(-c2nc(CC(=O)c3cnc(N4CCC(C(=O)O)CC4)cn3)sc2CN2CCCC2)cc1C(F)(F)F. The van der Waals surface area contributed by atoms with Gasteiger partial charge in [0.05, 0.1) is 36.0 Å². The van der Waals surface area contributed by atoms with E-state index in [0.29, 0.717) is 54.6 Å². The molecule has 212 valence electrons. The maximum absolute atomic E-state index is 13.6. The van der Waals surface area contributed by atoms with Crippen molar-refractivity contribution in [1.82, 2.24) is 19.9 Å². The number of aliphatic carboxylic acids is 1. The fourth-order valence-corrected chi connectivity index (χ4v) is 6.37. The molecule has 0 radical (unpaired) electrons. The van der Waals surface area contributed by atoms with Crippen molar-refractivity contribution in [2.24, 2.45) is 5.92 Å². The summed E-state index contributed by atoms with van der Waals surface area (Å²) in [5, 5.41) is 9.71. The molecule has 4 heterocycles. The van der Waals surface area contributed by atoms with E-state index in [2.05, 4.69) is 19.9 Å². The number of aryl methyl sites for hydroxylation is 1. The summed E-state index contributed by atoms with van der Waals surface area (Å²) >= 11 is 1.35. The quantitative estimate of drug-likeness (QED) is 0.365. The maximum Gasteiger partial charge on any atom is 0.416 e. The molecule has 2 saturated heterocycles. The average Bonchev–Trinajstić information content (AvgIpc) is 3.58. The molecule has 0 aliphatic carbocycles. The van der Waals surface area contributed by atoms with Crippen molar-refractivity contribution >= 4 is 28.9 Å². The second kappa shape index (κ2) is 11.6. The number of halogens is 3. The molecule has 0 atom stereocenters. The number of aromatic nitrogens is 3. The number of carbonyl (C=O) groups is 2. The molecule has 1 N–H and O–H groups in total. The number of nitrogens with zero attached hydrogens (tertiary/aromatic N) is 5. The molecule has 0 saturated carbocycles. The van der Waals surface area contributed by atoms with Gasteiger partial charge in [0.25, 0.3) is 0 Å². The van der Waals surface area contributed by atoms with E-state index in [0.717, 1.165) is 36.9 Å². The molecular weight excluding hydrogens is 543 g/mol. The van der Waals surface area contributed by atoms with E-state index in [9.17, 15) is 27.9 Å². The van der Waals surface area contributed by atoms with Crippen molar-refractivity contribution in [3.05, 3.63) is 57.3 Å². The number of piperidine rings is 1. The van der Waals surface area contributed by atoms with Gasteiger partial charge in [-0.2, -0.15) is 13.2 Å². The van der Waals surface area contributed by atoms with Crippen molar-refractivity contribution in [3.8, 4) is 11.3 Å². The number of hydrogen-bond acceptors (Lipinski definition) is 8. The van der Waals surface area contributed by atoms with Gasteiger partial charge in [-0.3, -0.25) is 14.5 Å². The topological polar surface area (TPSA) is 99.5 Å². The van der Waals surface area contributed by atoms with Gasteiger partial charge >= 0.3 is 12.1 Å². The van der Waals surface area contributed by atoms with Crippen LogP contribution >= 0.6 is 11.3 Å². The van der Waals surface area contributed by atoms with Crippen LogP contribution in [0.3, 0.4) is 0 Å². The fraction of sp³-hybridized carbons (Fsp3) is 0.464. The molecular formula is C28H30F3N5O3S. The lowest BCUT2D eigenvalue weighted by molar-refractivity contribution is -0.142. The summed E-state index contributed by atoms with van der Waals surface area (Å²) in [6.45, 7) is 4.95. The summed E-state index contributed by atoms with van der Waals surface area (Å²) in [5.74, 6) is -0.839. The first-order valence-electron chi connectivity index (χ1n) is 13.3. The van der Waals surface area contributed by atoms with Gasteiger partial charge in [0.15, 0.2) is 5.78 Å². The first kappa shape index (κ1) is 28.2. The van der Waals surface area contributed by atoms with Crippen LogP contribution in [0.2, 0.25) is 0 Å². The number of benzene rings is 1. The van der Waals surface area contributed by atoms with Crippen molar-refractivity contribution < 1.29 is 27.9 Å². The van der Waals surface area contributed by atoms with Crippen LogP contribution in [0, 0.1) is 12.8 Å². The van der Waals surface area contributed by atoms with Crippen molar-refractivity contribution in [2.45, 2.75) is 51.7 Å². The van der Waals surface area contributed by atoms with E-state index in [4.69, 9.17) is 0 Å². The number of likely N-dealkylation sites (tertiary alicyclic amines) is 1. The molecule has 0 unspecified atom stereocenters. The third-order valence-electron chi connectivity index (χ3n) is 7.53. The Morgan fingerprint density at radius 2 is 1.80 bits per heavy atom. The van der Waals surface area contributed by atoms with Crippen LogP contribution in [-0.2, 0) is 23.9 Å². The number of Topliss-reactive ketones (excluding diaryl/α,β-unsaturated/α-hetero) is 1. The zero-order chi connectivity index (χ0) is 28.4. The Bertz CT molecular complexity index is 1380. The van der Waals surface area contributed by atoms with E-state index in [1.165, 1.54) is 36.7 Å². The number of carboxylic acid groups (broad SMARTS) is 1. The third-order valence-corrected chi connectivity index (χ3v) is 8.57. The van der Waals surface area contributed by atoms with Gasteiger partial charge in [0, 0.05) is 30.1 Å². The number of hydrogen-bond donors (Lipinski definition) is 1. The number of rotatable bonds is 8. The minimum atomic E-state index is -4.47. The van der Waals surface area contributed by atoms with Crippen molar-refractivity contribution in [1.29, 1.82) is 0 Å². The van der Waals surface area contributed by atoms with Crippen LogP contribution in [0.5, 0.6) is 0 Å². The molecule has 5 rings (SSSR count). The predicted octanol–water partition coefficient (Wildman–Crippen LogP) is 5.25. The first-order chi connectivity index (χ1) is 19.1. The van der Waals surface area contributed by atoms with Crippen LogP contribution in [0.15, 0.2) is 30.6 Å². The van der Waals surface area contributed by atoms with Crippen molar-refractivity contribution in [3.63, 3.8) is 0 Å². The Morgan fingerprint density at radius 1 is 1.07 bits per heavy atom. The minimum absolute atomic E-state index is 0.0340. The lowest BCUT2D eigenvalue weighted by Crippen LogP contribution is -2.36. The summed E-state index contributed by atoms with van der Waals surface area (Å²) in [4.78, 5) is 42.6. The number of carboxylic acids is 1. The molecule has 2 aromatic heterocycles. The number of carbonyl (C=O) groups excluding carboxylic acids is 1. The van der Waals surface area contributed by atoms with Crippen LogP contribution in [0.1, 0.15) is 57.2 Å². The highest BCUT2D eigenvalue weighted by molar-refractivity contribution is 7.12. The molecule has 2 aliphatic rings. The number of alkyl halides is 3. The molecule has 1 aromatic carbocycles. The Labute approximate surface area is 233 Å². The van der Waals surface area contributed by atoms with Gasteiger partial charge in [-0.1, -0.05) is 12.1 Å². The van der Waals surface area contributed by atoms with Gasteiger partial charge in [-0.25, -0.2) is 15.0 Å². The van der Waals surface area contributed by atoms with Gasteiger partial charge in [0.1, 0.15) is 16.5 Å². The molecule has 0 bridgehead atoms. The van der Waals surface area contributed by atoms with Gasteiger partial charge in [-0.05, 0) is 57.3 Å². The summed E-state index contributed by atoms with van der Waals surface area (Å²) < 4.78 is 40.9. The van der Waals surface area contributed by atoms with Gasteiger partial charge in [-0.15, -0.1) is 11.3 Å². The summed E-state index contributed by atoms with van der Waals surface area (Å²) in [6.07, 6.45) is 1.63. The second-order valence-corrected chi connectivity index (χ2v) is 11.5. The molecule has 0 amide bonds. The Kier molecular flexibility index (Phi) is 8.18. The number of anilines is 1. The largest absolute Gasteiger partial charge is 0.481 e. The molecule has 2 aliphatic heterocycles. The zero-order valence-electron chi connectivity index (χ0n) is 22.1. The van der Waals surface area contributed by atoms with Crippen molar-refractivity contribution in [2.75, 3.05) is 31.1 Å². The molecule has 2 fully saturated rings. The summed E-state index contributed by atoms with van der Waals surface area (Å²) in [6, 6.07) is 4.26. The van der Waals surface area contributed by atoms with E-state index in [1.54, 1.807) is 6.07 Å². The molecule has 8 nitrogen and oxygen atoms in total. The normalized spacial score (nSPS) is 16.9. The highest BCUT2D eigenvalue weighted by Gasteiger charge is 2.33. The van der Waals surface area contributed by atoms with Crippen LogP contribution in [0.4, 0.5) is 19.0 Å². The summed E-state index contributed by atoms with van der Waals surface area (Å²) in [5.41, 5.74) is 0.507. The van der Waals surface area contributed by atoms with E-state index < -0.39 is 17.7 Å². The first-order valence-corrected chi connectivity index (χ1v) is 14.1. The smallest absolute Gasteiger partial charge is 0.416 e. The monoisotopic (exact) mass is 573 g/mol. The Balaban J connectivity index is 1.34. The third kappa shape index (κ3) is 6.33. The molecule has 40 heavy (non-hydrogen) atoms.